The fraction of sp³-hybridized carbons (Fsp3) is 0.0952. The number of hydrogen-bond donors (Lipinski definition) is 2. The number of nitrogens with one attached hydrogen (secondary N) is 1. The van der Waals surface area contributed by atoms with Crippen molar-refractivity contribution >= 4 is 33.2 Å². The van der Waals surface area contributed by atoms with Crippen LogP contribution in [-0.2, 0) is 6.61 Å². The molecule has 0 atom stereocenters. The number of fused-ring (bicyclic) bond motifs is 2. The molecule has 0 saturated carbocycles. The molecule has 0 bridgehead atoms. The van der Waals surface area contributed by atoms with Gasteiger partial charge in [0.1, 0.15) is 5.75 Å². The van der Waals surface area contributed by atoms with Crippen LogP contribution in [0.2, 0.25) is 0 Å². The Morgan fingerprint density at radius 2 is 1.68 bits per heavy atom. The van der Waals surface area contributed by atoms with Gasteiger partial charge in [0.05, 0.1) is 30.4 Å². The van der Waals surface area contributed by atoms with Crippen molar-refractivity contribution in [2.75, 3.05) is 12.4 Å². The predicted octanol–water partition coefficient (Wildman–Crippen LogP) is 4.63. The number of aromatic nitrogens is 1. The second kappa shape index (κ2) is 6.42. The molecule has 25 heavy (non-hydrogen) atoms. The van der Waals surface area contributed by atoms with E-state index in [9.17, 15) is 5.11 Å². The summed E-state index contributed by atoms with van der Waals surface area (Å²) in [5, 5.41) is 14.8. The number of ether oxygens (including phenoxy) is 1. The lowest BCUT2D eigenvalue weighted by molar-refractivity contribution is 0.282. The number of hydrogen-bond acceptors (Lipinski definition) is 4. The van der Waals surface area contributed by atoms with E-state index in [1.165, 1.54) is 0 Å². The van der Waals surface area contributed by atoms with Gasteiger partial charge in [-0.15, -0.1) is 0 Å². The number of nitrogens with zero attached hydrogens (tertiary/aromatic N) is 1. The highest BCUT2D eigenvalue weighted by atomic mass is 16.5. The quantitative estimate of drug-likeness (QED) is 0.536. The van der Waals surface area contributed by atoms with E-state index in [1.807, 2.05) is 60.7 Å². The molecule has 4 heteroatoms. The van der Waals surface area contributed by atoms with Crippen LogP contribution in [0.1, 0.15) is 5.56 Å². The molecule has 0 fully saturated rings. The van der Waals surface area contributed by atoms with Gasteiger partial charge in [0.2, 0.25) is 0 Å². The maximum absolute atomic E-state index is 9.22. The Morgan fingerprint density at radius 1 is 0.920 bits per heavy atom. The highest BCUT2D eigenvalue weighted by Crippen LogP contribution is 2.34. The summed E-state index contributed by atoms with van der Waals surface area (Å²) in [6, 6.07) is 21.7. The number of benzene rings is 3. The Bertz CT molecular complexity index is 1040. The summed E-state index contributed by atoms with van der Waals surface area (Å²) in [5.74, 6) is 0.795. The van der Waals surface area contributed by atoms with Crippen molar-refractivity contribution in [3.63, 3.8) is 0 Å². The van der Waals surface area contributed by atoms with E-state index in [4.69, 9.17) is 9.72 Å². The Hall–Kier alpha value is -3.11. The molecule has 3 aromatic carbocycles. The topological polar surface area (TPSA) is 54.4 Å². The molecule has 1 aromatic heterocycles. The van der Waals surface area contributed by atoms with Gasteiger partial charge < -0.3 is 15.2 Å². The first-order valence-electron chi connectivity index (χ1n) is 8.12. The third kappa shape index (κ3) is 2.88. The first-order valence-corrected chi connectivity index (χ1v) is 8.12. The van der Waals surface area contributed by atoms with E-state index < -0.39 is 0 Å². The molecule has 124 valence electrons. The minimum absolute atomic E-state index is 0.0403. The molecule has 4 nitrogen and oxygen atoms in total. The maximum Gasteiger partial charge on any atom is 0.119 e. The number of aliphatic hydroxyl groups is 1. The number of pyridine rings is 1. The number of rotatable bonds is 4. The number of aliphatic hydroxyl groups excluding tert-OH is 1. The molecule has 0 aliphatic carbocycles. The summed E-state index contributed by atoms with van der Waals surface area (Å²) in [4.78, 5) is 4.75. The van der Waals surface area contributed by atoms with Gasteiger partial charge in [0, 0.05) is 16.5 Å². The molecule has 0 radical (unpaired) electrons. The summed E-state index contributed by atoms with van der Waals surface area (Å²) in [6.45, 7) is 0.0403. The van der Waals surface area contributed by atoms with Gasteiger partial charge in [-0.05, 0) is 42.0 Å². The van der Waals surface area contributed by atoms with E-state index in [-0.39, 0.29) is 6.61 Å². The molecule has 0 aliphatic rings. The van der Waals surface area contributed by atoms with E-state index >= 15 is 0 Å². The maximum atomic E-state index is 9.22. The van der Waals surface area contributed by atoms with Gasteiger partial charge in [-0.25, -0.2) is 4.98 Å². The van der Waals surface area contributed by atoms with Gasteiger partial charge in [-0.3, -0.25) is 0 Å². The summed E-state index contributed by atoms with van der Waals surface area (Å²) in [5.41, 5.74) is 4.69. The van der Waals surface area contributed by atoms with Crippen LogP contribution in [0.5, 0.6) is 5.75 Å². The summed E-state index contributed by atoms with van der Waals surface area (Å²) < 4.78 is 5.39. The fourth-order valence-corrected chi connectivity index (χ4v) is 2.97. The van der Waals surface area contributed by atoms with Crippen LogP contribution in [0.25, 0.3) is 21.8 Å². The normalized spacial score (nSPS) is 11.0. The largest absolute Gasteiger partial charge is 0.497 e. The SMILES string of the molecule is COc1ccc2nc3ccccc3c(Nc3ccc(CO)cc3)c2c1. The minimum Gasteiger partial charge on any atom is -0.497 e. The van der Waals surface area contributed by atoms with Crippen molar-refractivity contribution in [2.45, 2.75) is 6.61 Å². The van der Waals surface area contributed by atoms with Crippen molar-refractivity contribution < 1.29 is 9.84 Å². The molecular formula is C21H18N2O2. The highest BCUT2D eigenvalue weighted by Gasteiger charge is 2.10. The highest BCUT2D eigenvalue weighted by molar-refractivity contribution is 6.09. The average Bonchev–Trinajstić information content (AvgIpc) is 2.68. The van der Waals surface area contributed by atoms with Crippen LogP contribution >= 0.6 is 0 Å². The lowest BCUT2D eigenvalue weighted by Gasteiger charge is -2.14. The Morgan fingerprint density at radius 3 is 2.44 bits per heavy atom. The average molecular weight is 330 g/mol. The molecule has 4 aromatic rings. The van der Waals surface area contributed by atoms with Gasteiger partial charge in [-0.1, -0.05) is 30.3 Å². The van der Waals surface area contributed by atoms with Gasteiger partial charge in [-0.2, -0.15) is 0 Å². The van der Waals surface area contributed by atoms with E-state index in [1.54, 1.807) is 7.11 Å². The molecule has 4 rings (SSSR count). The summed E-state index contributed by atoms with van der Waals surface area (Å²) >= 11 is 0. The molecule has 0 saturated heterocycles. The molecular weight excluding hydrogens is 312 g/mol. The third-order valence-electron chi connectivity index (χ3n) is 4.29. The monoisotopic (exact) mass is 330 g/mol. The van der Waals surface area contributed by atoms with Crippen LogP contribution < -0.4 is 10.1 Å². The Kier molecular flexibility index (Phi) is 3.96. The lowest BCUT2D eigenvalue weighted by Crippen LogP contribution is -1.96. The summed E-state index contributed by atoms with van der Waals surface area (Å²) in [6.07, 6.45) is 0. The van der Waals surface area contributed by atoms with Crippen molar-refractivity contribution in [3.8, 4) is 5.75 Å². The van der Waals surface area contributed by atoms with Crippen LogP contribution in [0, 0.1) is 0 Å². The molecule has 2 N–H and O–H groups in total. The van der Waals surface area contributed by atoms with E-state index in [0.29, 0.717) is 0 Å². The molecule has 0 amide bonds. The van der Waals surface area contributed by atoms with Crippen LogP contribution in [-0.4, -0.2) is 17.2 Å². The fourth-order valence-electron chi connectivity index (χ4n) is 2.97. The molecule has 1 heterocycles. The zero-order valence-electron chi connectivity index (χ0n) is 13.9. The van der Waals surface area contributed by atoms with Crippen molar-refractivity contribution in [1.29, 1.82) is 0 Å². The predicted molar refractivity (Wildman–Crippen MR) is 101 cm³/mol. The zero-order valence-corrected chi connectivity index (χ0v) is 13.9. The molecule has 0 spiro atoms. The van der Waals surface area contributed by atoms with Crippen molar-refractivity contribution in [3.05, 3.63) is 72.3 Å². The first kappa shape index (κ1) is 15.4. The van der Waals surface area contributed by atoms with Crippen LogP contribution in [0.4, 0.5) is 11.4 Å². The number of anilines is 2. The smallest absolute Gasteiger partial charge is 0.119 e. The second-order valence-corrected chi connectivity index (χ2v) is 5.87. The third-order valence-corrected chi connectivity index (χ3v) is 4.29. The Labute approximate surface area is 145 Å². The van der Waals surface area contributed by atoms with Crippen LogP contribution in [0.3, 0.4) is 0 Å². The standard InChI is InChI=1S/C21H18N2O2/c1-25-16-10-11-20-18(12-16)21(17-4-2-3-5-19(17)23-20)22-15-8-6-14(13-24)7-9-15/h2-12,24H,13H2,1H3,(H,22,23). The van der Waals surface area contributed by atoms with Gasteiger partial charge >= 0.3 is 0 Å². The van der Waals surface area contributed by atoms with Crippen LogP contribution in [0.15, 0.2) is 66.7 Å². The van der Waals surface area contributed by atoms with E-state index in [0.717, 1.165) is 44.5 Å². The number of para-hydroxylation sites is 1. The lowest BCUT2D eigenvalue weighted by atomic mass is 10.1. The van der Waals surface area contributed by atoms with Gasteiger partial charge in [0.15, 0.2) is 0 Å². The van der Waals surface area contributed by atoms with Crippen molar-refractivity contribution in [1.82, 2.24) is 4.98 Å². The number of methoxy groups -OCH3 is 1. The molecule has 0 unspecified atom stereocenters. The summed E-state index contributed by atoms with van der Waals surface area (Å²) in [7, 11) is 1.66. The van der Waals surface area contributed by atoms with E-state index in [2.05, 4.69) is 11.4 Å². The first-order chi connectivity index (χ1) is 12.3. The Balaban J connectivity index is 1.93. The second-order valence-electron chi connectivity index (χ2n) is 5.87. The van der Waals surface area contributed by atoms with Crippen molar-refractivity contribution in [2.24, 2.45) is 0 Å². The van der Waals surface area contributed by atoms with Gasteiger partial charge in [0.25, 0.3) is 0 Å². The minimum atomic E-state index is 0.0403. The molecule has 0 aliphatic heterocycles. The zero-order chi connectivity index (χ0) is 17.2.